The largest absolute Gasteiger partial charge is 0.449 e. The van der Waals surface area contributed by atoms with Crippen LogP contribution in [0.2, 0.25) is 0 Å². The van der Waals surface area contributed by atoms with E-state index in [9.17, 15) is 19.6 Å². The van der Waals surface area contributed by atoms with Gasteiger partial charge in [0.2, 0.25) is 0 Å². The number of nitriles is 1. The van der Waals surface area contributed by atoms with Crippen LogP contribution in [0.25, 0.3) is 11.1 Å². The molecule has 2 aromatic carbocycles. The third kappa shape index (κ3) is 5.70. The van der Waals surface area contributed by atoms with E-state index in [4.69, 9.17) is 4.74 Å². The quantitative estimate of drug-likeness (QED) is 0.714. The smallest absolute Gasteiger partial charge is 0.339 e. The highest BCUT2D eigenvalue weighted by Crippen LogP contribution is 2.27. The lowest BCUT2D eigenvalue weighted by molar-refractivity contribution is -0.127. The first kappa shape index (κ1) is 22.0. The topological polar surface area (TPSA) is 108 Å². The first-order valence-corrected chi connectivity index (χ1v) is 10.4. The summed E-state index contributed by atoms with van der Waals surface area (Å²) in [6.45, 7) is 1.41. The highest BCUT2D eigenvalue weighted by atomic mass is 16.5. The van der Waals surface area contributed by atoms with E-state index in [1.165, 1.54) is 6.92 Å². The van der Waals surface area contributed by atoms with E-state index in [-0.39, 0.29) is 11.6 Å². The molecule has 0 bridgehead atoms. The number of carbonyl (C=O) groups is 3. The van der Waals surface area contributed by atoms with Gasteiger partial charge in [0, 0.05) is 11.6 Å². The molecule has 0 saturated heterocycles. The lowest BCUT2D eigenvalue weighted by Crippen LogP contribution is -2.48. The molecule has 31 heavy (non-hydrogen) atoms. The summed E-state index contributed by atoms with van der Waals surface area (Å²) in [5.41, 5.74) is 1.79. The molecular weight excluding hydrogens is 394 g/mol. The minimum Gasteiger partial charge on any atom is -0.449 e. The van der Waals surface area contributed by atoms with Gasteiger partial charge in [-0.3, -0.25) is 10.1 Å². The van der Waals surface area contributed by atoms with E-state index in [1.807, 2.05) is 0 Å². The van der Waals surface area contributed by atoms with Crippen LogP contribution in [0, 0.1) is 11.3 Å². The standard InChI is InChI=1S/C24H25N3O4/c1-16(22(28)27-24(30)26-18-10-3-2-4-11-18)31-23(29)21-14-8-7-13-20(21)19-12-6-5-9-17(19)15-25/h5-9,12-14,16,18H,2-4,10-11H2,1H3,(H2,26,27,28,30)/t16-/m0/s1. The molecule has 160 valence electrons. The van der Waals surface area contributed by atoms with Crippen LogP contribution in [0.4, 0.5) is 4.79 Å². The Morgan fingerprint density at radius 3 is 2.35 bits per heavy atom. The van der Waals surface area contributed by atoms with Gasteiger partial charge in [0.25, 0.3) is 5.91 Å². The van der Waals surface area contributed by atoms with Gasteiger partial charge in [-0.25, -0.2) is 9.59 Å². The molecule has 3 rings (SSSR count). The number of nitrogens with zero attached hydrogens (tertiary/aromatic N) is 1. The number of rotatable bonds is 5. The lowest BCUT2D eigenvalue weighted by atomic mass is 9.96. The van der Waals surface area contributed by atoms with E-state index in [1.54, 1.807) is 48.5 Å². The van der Waals surface area contributed by atoms with Gasteiger partial charge in [0.15, 0.2) is 6.10 Å². The Hall–Kier alpha value is -3.66. The molecule has 0 radical (unpaired) electrons. The van der Waals surface area contributed by atoms with Crippen molar-refractivity contribution in [3.05, 3.63) is 59.7 Å². The van der Waals surface area contributed by atoms with E-state index >= 15 is 0 Å². The second kappa shape index (κ2) is 10.4. The Morgan fingerprint density at radius 2 is 1.65 bits per heavy atom. The van der Waals surface area contributed by atoms with Crippen molar-refractivity contribution in [2.24, 2.45) is 0 Å². The zero-order chi connectivity index (χ0) is 22.2. The van der Waals surface area contributed by atoms with E-state index in [0.717, 1.165) is 32.1 Å². The fourth-order valence-electron chi connectivity index (χ4n) is 3.67. The maximum absolute atomic E-state index is 12.8. The van der Waals surface area contributed by atoms with Crippen LogP contribution in [0.5, 0.6) is 0 Å². The summed E-state index contributed by atoms with van der Waals surface area (Å²) >= 11 is 0. The molecule has 2 aromatic rings. The van der Waals surface area contributed by atoms with Gasteiger partial charge in [0.1, 0.15) is 0 Å². The average Bonchev–Trinajstić information content (AvgIpc) is 2.79. The summed E-state index contributed by atoms with van der Waals surface area (Å²) in [7, 11) is 0. The number of ether oxygens (including phenoxy) is 1. The summed E-state index contributed by atoms with van der Waals surface area (Å²) in [5, 5.41) is 14.4. The number of urea groups is 1. The van der Waals surface area contributed by atoms with Gasteiger partial charge in [-0.05, 0) is 37.5 Å². The molecule has 0 aromatic heterocycles. The molecule has 7 nitrogen and oxygen atoms in total. The molecule has 0 unspecified atom stereocenters. The molecule has 1 aliphatic rings. The van der Waals surface area contributed by atoms with E-state index in [2.05, 4.69) is 16.7 Å². The summed E-state index contributed by atoms with van der Waals surface area (Å²) in [6.07, 6.45) is 3.90. The van der Waals surface area contributed by atoms with Crippen molar-refractivity contribution < 1.29 is 19.1 Å². The van der Waals surface area contributed by atoms with Crippen molar-refractivity contribution >= 4 is 17.9 Å². The summed E-state index contributed by atoms with van der Waals surface area (Å²) < 4.78 is 5.31. The predicted molar refractivity (Wildman–Crippen MR) is 115 cm³/mol. The Bertz CT molecular complexity index is 1010. The van der Waals surface area contributed by atoms with Crippen LogP contribution in [0.3, 0.4) is 0 Å². The van der Waals surface area contributed by atoms with Gasteiger partial charge in [0.05, 0.1) is 17.2 Å². The normalized spacial score (nSPS) is 14.7. The Kier molecular flexibility index (Phi) is 7.39. The number of nitrogens with one attached hydrogen (secondary N) is 2. The number of benzene rings is 2. The van der Waals surface area contributed by atoms with Crippen molar-refractivity contribution in [3.63, 3.8) is 0 Å². The van der Waals surface area contributed by atoms with Crippen LogP contribution in [-0.4, -0.2) is 30.1 Å². The Morgan fingerprint density at radius 1 is 1.00 bits per heavy atom. The lowest BCUT2D eigenvalue weighted by Gasteiger charge is -2.23. The van der Waals surface area contributed by atoms with Crippen molar-refractivity contribution in [1.29, 1.82) is 5.26 Å². The molecule has 1 aliphatic carbocycles. The van der Waals surface area contributed by atoms with Crippen molar-refractivity contribution in [2.75, 3.05) is 0 Å². The highest BCUT2D eigenvalue weighted by Gasteiger charge is 2.24. The first-order chi connectivity index (χ1) is 15.0. The van der Waals surface area contributed by atoms with Crippen LogP contribution in [-0.2, 0) is 9.53 Å². The van der Waals surface area contributed by atoms with Gasteiger partial charge in [-0.1, -0.05) is 55.7 Å². The molecule has 1 fully saturated rings. The molecule has 0 heterocycles. The van der Waals surface area contributed by atoms with E-state index in [0.29, 0.717) is 16.7 Å². The van der Waals surface area contributed by atoms with Crippen LogP contribution < -0.4 is 10.6 Å². The van der Waals surface area contributed by atoms with Crippen LogP contribution in [0.1, 0.15) is 54.9 Å². The van der Waals surface area contributed by atoms with E-state index < -0.39 is 24.0 Å². The molecule has 7 heteroatoms. The first-order valence-electron chi connectivity index (χ1n) is 10.4. The summed E-state index contributed by atoms with van der Waals surface area (Å²) in [5.74, 6) is -1.41. The van der Waals surface area contributed by atoms with Gasteiger partial charge in [-0.2, -0.15) is 5.26 Å². The van der Waals surface area contributed by atoms with Crippen molar-refractivity contribution in [3.8, 4) is 17.2 Å². The fourth-order valence-corrected chi connectivity index (χ4v) is 3.67. The minimum absolute atomic E-state index is 0.0616. The van der Waals surface area contributed by atoms with Crippen LogP contribution in [0.15, 0.2) is 48.5 Å². The summed E-state index contributed by atoms with van der Waals surface area (Å²) in [4.78, 5) is 37.2. The monoisotopic (exact) mass is 419 g/mol. The number of amides is 3. The van der Waals surface area contributed by atoms with Gasteiger partial charge in [-0.15, -0.1) is 0 Å². The fraction of sp³-hybridized carbons (Fsp3) is 0.333. The number of carbonyl (C=O) groups excluding carboxylic acids is 3. The van der Waals surface area contributed by atoms with Crippen molar-refractivity contribution in [2.45, 2.75) is 51.2 Å². The van der Waals surface area contributed by atoms with Gasteiger partial charge >= 0.3 is 12.0 Å². The molecule has 3 amide bonds. The molecule has 2 N–H and O–H groups in total. The molecule has 0 aliphatic heterocycles. The second-order valence-corrected chi connectivity index (χ2v) is 7.55. The number of imide groups is 1. The maximum atomic E-state index is 12.8. The Balaban J connectivity index is 1.65. The van der Waals surface area contributed by atoms with Crippen LogP contribution >= 0.6 is 0 Å². The minimum atomic E-state index is -1.16. The number of esters is 1. The number of hydrogen-bond acceptors (Lipinski definition) is 5. The number of hydrogen-bond donors (Lipinski definition) is 2. The third-order valence-electron chi connectivity index (χ3n) is 5.31. The van der Waals surface area contributed by atoms with Gasteiger partial charge < -0.3 is 10.1 Å². The zero-order valence-corrected chi connectivity index (χ0v) is 17.4. The summed E-state index contributed by atoms with van der Waals surface area (Å²) in [6, 6.07) is 15.3. The van der Waals surface area contributed by atoms with Crippen molar-refractivity contribution in [1.82, 2.24) is 10.6 Å². The molecule has 1 atom stereocenters. The Labute approximate surface area is 181 Å². The maximum Gasteiger partial charge on any atom is 0.339 e. The predicted octanol–water partition coefficient (Wildman–Crippen LogP) is 3.93. The molecular formula is C24H25N3O4. The second-order valence-electron chi connectivity index (χ2n) is 7.55. The SMILES string of the molecule is C[C@H](OC(=O)c1ccccc1-c1ccccc1C#N)C(=O)NC(=O)NC1CCCCC1. The average molecular weight is 419 g/mol. The third-order valence-corrected chi connectivity index (χ3v) is 5.31. The zero-order valence-electron chi connectivity index (χ0n) is 17.4. The highest BCUT2D eigenvalue weighted by molar-refractivity contribution is 6.01. The molecule has 1 saturated carbocycles. The molecule has 0 spiro atoms.